The van der Waals surface area contributed by atoms with Gasteiger partial charge in [-0.1, -0.05) is 30.3 Å². The Bertz CT molecular complexity index is 400. The number of nitrogens with one attached hydrogen (secondary N) is 1. The van der Waals surface area contributed by atoms with Crippen molar-refractivity contribution in [2.45, 2.75) is 12.1 Å². The molecule has 0 aliphatic carbocycles. The average Bonchev–Trinajstić information content (AvgIpc) is 2.33. The molecule has 0 saturated carbocycles. The quantitative estimate of drug-likeness (QED) is 0.787. The van der Waals surface area contributed by atoms with E-state index < -0.39 is 11.6 Å². The van der Waals surface area contributed by atoms with E-state index in [1.165, 1.54) is 0 Å². The number of rotatable bonds is 4. The van der Waals surface area contributed by atoms with Gasteiger partial charge in [0, 0.05) is 0 Å². The monoisotopic (exact) mass is 235 g/mol. The number of amides is 1. The first-order valence-electron chi connectivity index (χ1n) is 5.27. The molecule has 1 aromatic carbocycles. The summed E-state index contributed by atoms with van der Waals surface area (Å²) in [7, 11) is 0. The Balaban J connectivity index is 1.80. The molecule has 5 heteroatoms. The van der Waals surface area contributed by atoms with E-state index >= 15 is 0 Å². The highest BCUT2D eigenvalue weighted by Crippen LogP contribution is 2.14. The highest BCUT2D eigenvalue weighted by atomic mass is 16.6. The molecule has 17 heavy (non-hydrogen) atoms. The van der Waals surface area contributed by atoms with Gasteiger partial charge in [0.1, 0.15) is 18.4 Å². The van der Waals surface area contributed by atoms with Crippen LogP contribution in [0.1, 0.15) is 5.56 Å². The van der Waals surface area contributed by atoms with Crippen LogP contribution in [0.4, 0.5) is 4.79 Å². The minimum atomic E-state index is -0.895. The van der Waals surface area contributed by atoms with E-state index in [2.05, 4.69) is 5.32 Å². The molecule has 0 spiro atoms. The Hall–Kier alpha value is -1.88. The first kappa shape index (κ1) is 11.6. The van der Waals surface area contributed by atoms with Crippen molar-refractivity contribution in [3.8, 4) is 0 Å². The third-order valence-electron chi connectivity index (χ3n) is 2.51. The Kier molecular flexibility index (Phi) is 3.39. The second-order valence-corrected chi connectivity index (χ2v) is 3.95. The molecule has 2 rings (SSSR count). The van der Waals surface area contributed by atoms with Crippen LogP contribution < -0.4 is 5.32 Å². The van der Waals surface area contributed by atoms with Gasteiger partial charge in [-0.25, -0.2) is 4.79 Å². The third kappa shape index (κ3) is 2.82. The van der Waals surface area contributed by atoms with Crippen LogP contribution in [-0.2, 0) is 20.9 Å². The van der Waals surface area contributed by atoms with Crippen molar-refractivity contribution in [3.63, 3.8) is 0 Å². The zero-order valence-corrected chi connectivity index (χ0v) is 9.22. The van der Waals surface area contributed by atoms with Gasteiger partial charge in [-0.3, -0.25) is 0 Å². The molecule has 0 aromatic heterocycles. The van der Waals surface area contributed by atoms with Gasteiger partial charge in [0.15, 0.2) is 0 Å². The standard InChI is InChI=1S/C12H13NO4/c14-7-12(8-16-9-12)13-11(15)17-6-10-4-2-1-3-5-10/h1-5,7H,6,8-9H2,(H,13,15). The number of benzene rings is 1. The summed E-state index contributed by atoms with van der Waals surface area (Å²) in [6, 6.07) is 9.33. The van der Waals surface area contributed by atoms with Crippen LogP contribution in [-0.4, -0.2) is 31.1 Å². The lowest BCUT2D eigenvalue weighted by molar-refractivity contribution is -0.132. The molecule has 1 aromatic rings. The van der Waals surface area contributed by atoms with Crippen LogP contribution in [0.3, 0.4) is 0 Å². The zero-order valence-electron chi connectivity index (χ0n) is 9.22. The van der Waals surface area contributed by atoms with Crippen LogP contribution in [0, 0.1) is 0 Å². The molecule has 5 nitrogen and oxygen atoms in total. The van der Waals surface area contributed by atoms with Gasteiger partial charge >= 0.3 is 6.09 Å². The van der Waals surface area contributed by atoms with Crippen molar-refractivity contribution in [2.24, 2.45) is 0 Å². The highest BCUT2D eigenvalue weighted by Gasteiger charge is 2.40. The maximum Gasteiger partial charge on any atom is 0.408 e. The molecule has 1 amide bonds. The molecule has 0 bridgehead atoms. The van der Waals surface area contributed by atoms with E-state index in [1.54, 1.807) is 0 Å². The van der Waals surface area contributed by atoms with E-state index in [4.69, 9.17) is 9.47 Å². The van der Waals surface area contributed by atoms with Gasteiger partial charge in [-0.15, -0.1) is 0 Å². The summed E-state index contributed by atoms with van der Waals surface area (Å²) in [5.74, 6) is 0. The summed E-state index contributed by atoms with van der Waals surface area (Å²) < 4.78 is 9.89. The van der Waals surface area contributed by atoms with Crippen LogP contribution in [0.15, 0.2) is 30.3 Å². The van der Waals surface area contributed by atoms with Crippen LogP contribution >= 0.6 is 0 Å². The number of alkyl carbamates (subject to hydrolysis) is 1. The Labute approximate surface area is 98.7 Å². The van der Waals surface area contributed by atoms with E-state index in [-0.39, 0.29) is 19.8 Å². The van der Waals surface area contributed by atoms with E-state index in [9.17, 15) is 9.59 Å². The minimum absolute atomic E-state index is 0.183. The average molecular weight is 235 g/mol. The fourth-order valence-electron chi connectivity index (χ4n) is 1.45. The summed E-state index contributed by atoms with van der Waals surface area (Å²) >= 11 is 0. The molecule has 0 unspecified atom stereocenters. The summed E-state index contributed by atoms with van der Waals surface area (Å²) in [5.41, 5.74) is 0.000916. The van der Waals surface area contributed by atoms with Crippen molar-refractivity contribution >= 4 is 12.4 Å². The molecule has 90 valence electrons. The third-order valence-corrected chi connectivity index (χ3v) is 2.51. The number of aldehydes is 1. The maximum atomic E-state index is 11.4. The smallest absolute Gasteiger partial charge is 0.408 e. The molecule has 1 aliphatic heterocycles. The lowest BCUT2D eigenvalue weighted by Gasteiger charge is -2.36. The highest BCUT2D eigenvalue weighted by molar-refractivity contribution is 5.77. The fourth-order valence-corrected chi connectivity index (χ4v) is 1.45. The van der Waals surface area contributed by atoms with E-state index in [0.717, 1.165) is 5.56 Å². The first-order chi connectivity index (χ1) is 8.24. The lowest BCUT2D eigenvalue weighted by Crippen LogP contribution is -2.63. The molecular formula is C12H13NO4. The van der Waals surface area contributed by atoms with Crippen LogP contribution in [0.2, 0.25) is 0 Å². The zero-order chi connectivity index (χ0) is 12.1. The van der Waals surface area contributed by atoms with Crippen LogP contribution in [0.5, 0.6) is 0 Å². The number of hydrogen-bond donors (Lipinski definition) is 1. The van der Waals surface area contributed by atoms with Gasteiger partial charge in [-0.2, -0.15) is 0 Å². The topological polar surface area (TPSA) is 64.6 Å². The number of hydrogen-bond acceptors (Lipinski definition) is 4. The second-order valence-electron chi connectivity index (χ2n) is 3.95. The summed E-state index contributed by atoms with van der Waals surface area (Å²) in [4.78, 5) is 22.2. The van der Waals surface area contributed by atoms with Crippen molar-refractivity contribution in [3.05, 3.63) is 35.9 Å². The number of carbonyl (C=O) groups is 2. The molecule has 1 N–H and O–H groups in total. The van der Waals surface area contributed by atoms with Gasteiger partial charge in [0.25, 0.3) is 0 Å². The van der Waals surface area contributed by atoms with E-state index in [0.29, 0.717) is 6.29 Å². The largest absolute Gasteiger partial charge is 0.445 e. The van der Waals surface area contributed by atoms with Crippen molar-refractivity contribution in [2.75, 3.05) is 13.2 Å². The second kappa shape index (κ2) is 4.97. The molecule has 1 saturated heterocycles. The SMILES string of the molecule is O=CC1(NC(=O)OCc2ccccc2)COC1. The number of ether oxygens (including phenoxy) is 2. The predicted molar refractivity (Wildman–Crippen MR) is 59.4 cm³/mol. The maximum absolute atomic E-state index is 11.4. The molecule has 1 aliphatic rings. The summed E-state index contributed by atoms with van der Waals surface area (Å²) in [6.07, 6.45) is 0.0737. The lowest BCUT2D eigenvalue weighted by atomic mass is 10.0. The Morgan fingerprint density at radius 3 is 2.65 bits per heavy atom. The van der Waals surface area contributed by atoms with Gasteiger partial charge in [-0.05, 0) is 5.56 Å². The van der Waals surface area contributed by atoms with Crippen LogP contribution in [0.25, 0.3) is 0 Å². The molecule has 0 atom stereocenters. The normalized spacial score (nSPS) is 16.7. The predicted octanol–water partition coefficient (Wildman–Crippen LogP) is 0.881. The van der Waals surface area contributed by atoms with Gasteiger partial charge in [0.05, 0.1) is 13.2 Å². The first-order valence-corrected chi connectivity index (χ1v) is 5.27. The molecule has 1 fully saturated rings. The molecular weight excluding hydrogens is 222 g/mol. The summed E-state index contributed by atoms with van der Waals surface area (Å²) in [6.45, 7) is 0.594. The Morgan fingerprint density at radius 2 is 2.12 bits per heavy atom. The van der Waals surface area contributed by atoms with E-state index in [1.807, 2.05) is 30.3 Å². The fraction of sp³-hybridized carbons (Fsp3) is 0.333. The van der Waals surface area contributed by atoms with Crippen molar-refractivity contribution < 1.29 is 19.1 Å². The van der Waals surface area contributed by atoms with Crippen molar-refractivity contribution in [1.82, 2.24) is 5.32 Å². The van der Waals surface area contributed by atoms with Crippen molar-refractivity contribution in [1.29, 1.82) is 0 Å². The Morgan fingerprint density at radius 1 is 1.41 bits per heavy atom. The van der Waals surface area contributed by atoms with Gasteiger partial charge < -0.3 is 19.6 Å². The van der Waals surface area contributed by atoms with Gasteiger partial charge in [0.2, 0.25) is 0 Å². The minimum Gasteiger partial charge on any atom is -0.445 e. The summed E-state index contributed by atoms with van der Waals surface area (Å²) in [5, 5.41) is 2.50. The number of carbonyl (C=O) groups excluding carboxylic acids is 2. The molecule has 0 radical (unpaired) electrons. The molecule has 1 heterocycles.